The van der Waals surface area contributed by atoms with E-state index in [4.69, 9.17) is 14.2 Å². The molecule has 120 valence electrons. The van der Waals surface area contributed by atoms with Crippen LogP contribution < -0.4 is 4.74 Å². The van der Waals surface area contributed by atoms with Crippen molar-refractivity contribution in [2.75, 3.05) is 21.0 Å². The second-order valence-corrected chi connectivity index (χ2v) is 5.29. The van der Waals surface area contributed by atoms with Gasteiger partial charge in [-0.3, -0.25) is 4.98 Å². The van der Waals surface area contributed by atoms with Gasteiger partial charge in [0.1, 0.15) is 18.6 Å². The van der Waals surface area contributed by atoms with E-state index < -0.39 is 0 Å². The summed E-state index contributed by atoms with van der Waals surface area (Å²) in [6, 6.07) is 9.71. The Hall–Kier alpha value is -2.07. The second-order valence-electron chi connectivity index (χ2n) is 4.84. The van der Waals surface area contributed by atoms with E-state index in [2.05, 4.69) is 23.7 Å². The molecular weight excluding hydrogens is 312 g/mol. The summed E-state index contributed by atoms with van der Waals surface area (Å²) in [5.41, 5.74) is 3.51. The smallest absolute Gasteiger partial charge is 0.146 e. The maximum atomic E-state index is 9.30. The van der Waals surface area contributed by atoms with Crippen LogP contribution in [0.15, 0.2) is 29.2 Å². The van der Waals surface area contributed by atoms with Crippen LogP contribution in [0.3, 0.4) is 0 Å². The molecule has 1 aromatic carbocycles. The number of benzene rings is 1. The van der Waals surface area contributed by atoms with Crippen molar-refractivity contribution in [3.8, 4) is 23.1 Å². The fraction of sp³-hybridized carbons (Fsp3) is 0.294. The van der Waals surface area contributed by atoms with Crippen LogP contribution in [-0.4, -0.2) is 26.0 Å². The summed E-state index contributed by atoms with van der Waals surface area (Å²) >= 11 is 4.51. The summed E-state index contributed by atoms with van der Waals surface area (Å²) in [5.74, 6) is 0.766. The molecule has 23 heavy (non-hydrogen) atoms. The molecule has 5 nitrogen and oxygen atoms in total. The van der Waals surface area contributed by atoms with Crippen LogP contribution >= 0.6 is 12.6 Å². The van der Waals surface area contributed by atoms with Crippen molar-refractivity contribution in [3.63, 3.8) is 0 Å². The highest BCUT2D eigenvalue weighted by Gasteiger charge is 2.17. The number of hydrogen-bond acceptors (Lipinski definition) is 6. The molecule has 0 aliphatic heterocycles. The van der Waals surface area contributed by atoms with Crippen molar-refractivity contribution in [2.45, 2.75) is 18.4 Å². The molecule has 0 unspecified atom stereocenters. The molecule has 0 saturated heterocycles. The number of nitrogens with zero attached hydrogens (tertiary/aromatic N) is 2. The fourth-order valence-corrected chi connectivity index (χ4v) is 2.59. The maximum absolute atomic E-state index is 9.30. The number of nitriles is 1. The first-order valence-electron chi connectivity index (χ1n) is 6.96. The van der Waals surface area contributed by atoms with Gasteiger partial charge in [-0.25, -0.2) is 0 Å². The molecule has 0 atom stereocenters. The van der Waals surface area contributed by atoms with E-state index in [0.29, 0.717) is 16.2 Å². The molecule has 0 radical (unpaired) electrons. The van der Waals surface area contributed by atoms with Crippen LogP contribution in [-0.2, 0) is 16.1 Å². The first-order valence-corrected chi connectivity index (χ1v) is 7.40. The van der Waals surface area contributed by atoms with Gasteiger partial charge >= 0.3 is 0 Å². The minimum absolute atomic E-state index is 0.158. The van der Waals surface area contributed by atoms with E-state index in [1.165, 1.54) is 0 Å². The maximum Gasteiger partial charge on any atom is 0.146 e. The van der Waals surface area contributed by atoms with Crippen LogP contribution in [0.25, 0.3) is 11.3 Å². The topological polar surface area (TPSA) is 64.4 Å². The number of ether oxygens (including phenoxy) is 3. The fourth-order valence-electron chi connectivity index (χ4n) is 2.21. The third-order valence-corrected chi connectivity index (χ3v) is 3.87. The normalized spacial score (nSPS) is 10.4. The average molecular weight is 330 g/mol. The quantitative estimate of drug-likeness (QED) is 0.500. The Morgan fingerprint density at radius 3 is 2.48 bits per heavy atom. The zero-order valence-corrected chi connectivity index (χ0v) is 14.2. The average Bonchev–Trinajstić information content (AvgIpc) is 2.57. The molecule has 0 aliphatic carbocycles. The lowest BCUT2D eigenvalue weighted by Crippen LogP contribution is -2.05. The Balaban J connectivity index is 2.53. The molecule has 1 aromatic heterocycles. The lowest BCUT2D eigenvalue weighted by atomic mass is 10.0. The summed E-state index contributed by atoms with van der Waals surface area (Å²) in [7, 11) is 3.18. The number of hydrogen-bond donors (Lipinski definition) is 1. The summed E-state index contributed by atoms with van der Waals surface area (Å²) in [5, 5.41) is 9.30. The Morgan fingerprint density at radius 1 is 1.22 bits per heavy atom. The minimum Gasteiger partial charge on any atom is -0.497 e. The molecule has 0 amide bonds. The number of methoxy groups -OCH3 is 2. The zero-order valence-electron chi connectivity index (χ0n) is 13.3. The summed E-state index contributed by atoms with van der Waals surface area (Å²) in [6.07, 6.45) is 0. The van der Waals surface area contributed by atoms with Crippen molar-refractivity contribution in [1.82, 2.24) is 4.98 Å². The third kappa shape index (κ3) is 3.82. The van der Waals surface area contributed by atoms with E-state index in [1.807, 2.05) is 24.3 Å². The predicted molar refractivity (Wildman–Crippen MR) is 89.6 cm³/mol. The highest BCUT2D eigenvalue weighted by Crippen LogP contribution is 2.32. The lowest BCUT2D eigenvalue weighted by Gasteiger charge is -2.15. The van der Waals surface area contributed by atoms with Crippen molar-refractivity contribution in [3.05, 3.63) is 41.1 Å². The number of aryl methyl sites for hydroxylation is 1. The molecule has 0 spiro atoms. The van der Waals surface area contributed by atoms with Crippen LogP contribution in [0.4, 0.5) is 0 Å². The third-order valence-electron chi connectivity index (χ3n) is 3.37. The van der Waals surface area contributed by atoms with Gasteiger partial charge < -0.3 is 14.2 Å². The van der Waals surface area contributed by atoms with Gasteiger partial charge in [0.05, 0.1) is 30.7 Å². The van der Waals surface area contributed by atoms with Crippen LogP contribution in [0.1, 0.15) is 16.8 Å². The van der Waals surface area contributed by atoms with Gasteiger partial charge in [0, 0.05) is 23.1 Å². The van der Waals surface area contributed by atoms with Gasteiger partial charge in [0.25, 0.3) is 0 Å². The van der Waals surface area contributed by atoms with Gasteiger partial charge in [-0.05, 0) is 31.2 Å². The first-order chi connectivity index (χ1) is 11.1. The summed E-state index contributed by atoms with van der Waals surface area (Å²) in [6.45, 7) is 2.21. The molecule has 1 heterocycles. The van der Waals surface area contributed by atoms with E-state index in [1.54, 1.807) is 21.1 Å². The Labute approximate surface area is 141 Å². The molecular formula is C17H18N2O3S. The standard InChI is InChI=1S/C17H18N2O3S/c1-11-14(8-18)17(23)15(9-22-10-20-2)16(19-11)12-4-6-13(21-3)7-5-12/h4-7H,9-10H2,1-3H3,(H,19,23). The Kier molecular flexibility index (Phi) is 5.99. The zero-order chi connectivity index (χ0) is 16.8. The lowest BCUT2D eigenvalue weighted by molar-refractivity contribution is -0.0396. The van der Waals surface area contributed by atoms with Gasteiger partial charge in [-0.15, -0.1) is 12.6 Å². The first kappa shape index (κ1) is 17.3. The highest BCUT2D eigenvalue weighted by atomic mass is 32.1. The van der Waals surface area contributed by atoms with Crippen molar-refractivity contribution in [1.29, 1.82) is 5.26 Å². The number of rotatable bonds is 6. The van der Waals surface area contributed by atoms with Crippen molar-refractivity contribution < 1.29 is 14.2 Å². The number of aromatic nitrogens is 1. The Morgan fingerprint density at radius 2 is 1.91 bits per heavy atom. The second kappa shape index (κ2) is 7.97. The largest absolute Gasteiger partial charge is 0.497 e. The SMILES string of the molecule is COCOCc1c(-c2ccc(OC)cc2)nc(C)c(C#N)c1S. The molecule has 2 aromatic rings. The van der Waals surface area contributed by atoms with Crippen molar-refractivity contribution in [2.24, 2.45) is 0 Å². The highest BCUT2D eigenvalue weighted by molar-refractivity contribution is 7.80. The molecule has 2 rings (SSSR count). The van der Waals surface area contributed by atoms with Gasteiger partial charge in [-0.1, -0.05) is 0 Å². The molecule has 6 heteroatoms. The molecule has 0 fully saturated rings. The van der Waals surface area contributed by atoms with Gasteiger partial charge in [-0.2, -0.15) is 5.26 Å². The van der Waals surface area contributed by atoms with E-state index >= 15 is 0 Å². The van der Waals surface area contributed by atoms with Crippen LogP contribution in [0.2, 0.25) is 0 Å². The van der Waals surface area contributed by atoms with Gasteiger partial charge in [0.15, 0.2) is 0 Å². The van der Waals surface area contributed by atoms with Crippen molar-refractivity contribution >= 4 is 12.6 Å². The molecule has 0 saturated carbocycles. The number of pyridine rings is 1. The molecule has 0 aliphatic rings. The molecule has 0 bridgehead atoms. The van der Waals surface area contributed by atoms with E-state index in [9.17, 15) is 5.26 Å². The van der Waals surface area contributed by atoms with Crippen LogP contribution in [0.5, 0.6) is 5.75 Å². The molecule has 0 N–H and O–H groups in total. The Bertz CT molecular complexity index is 724. The number of thiol groups is 1. The summed E-state index contributed by atoms with van der Waals surface area (Å²) in [4.78, 5) is 5.16. The van der Waals surface area contributed by atoms with E-state index in [-0.39, 0.29) is 13.4 Å². The van der Waals surface area contributed by atoms with E-state index in [0.717, 1.165) is 22.6 Å². The summed E-state index contributed by atoms with van der Waals surface area (Å²) < 4.78 is 15.5. The monoisotopic (exact) mass is 330 g/mol. The van der Waals surface area contributed by atoms with Gasteiger partial charge in [0.2, 0.25) is 0 Å². The van der Waals surface area contributed by atoms with Crippen LogP contribution in [0, 0.1) is 18.3 Å². The predicted octanol–water partition coefficient (Wildman–Crippen LogP) is 3.35. The minimum atomic E-state index is 0.158.